The van der Waals surface area contributed by atoms with E-state index in [-0.39, 0.29) is 5.91 Å². The molecule has 126 valence electrons. The van der Waals surface area contributed by atoms with E-state index in [0.717, 1.165) is 3.57 Å². The van der Waals surface area contributed by atoms with E-state index in [1.54, 1.807) is 30.3 Å². The predicted molar refractivity (Wildman–Crippen MR) is 98.3 cm³/mol. The first-order chi connectivity index (χ1) is 11.6. The van der Waals surface area contributed by atoms with Crippen molar-refractivity contribution in [3.05, 3.63) is 57.2 Å². The Hall–Kier alpha value is -2.29. The summed E-state index contributed by atoms with van der Waals surface area (Å²) in [5, 5.41) is 0. The summed E-state index contributed by atoms with van der Waals surface area (Å²) in [4.78, 5) is 24.3. The second kappa shape index (κ2) is 8.53. The highest BCUT2D eigenvalue weighted by Crippen LogP contribution is 2.27. The maximum atomic E-state index is 12.2. The Kier molecular flexibility index (Phi) is 6.42. The van der Waals surface area contributed by atoms with E-state index in [0.29, 0.717) is 29.2 Å². The van der Waals surface area contributed by atoms with Gasteiger partial charge in [-0.25, -0.2) is 0 Å². The van der Waals surface area contributed by atoms with Crippen LogP contribution in [0.2, 0.25) is 0 Å². The van der Waals surface area contributed by atoms with Crippen LogP contribution in [0.25, 0.3) is 0 Å². The topological polar surface area (TPSA) is 76.7 Å². The van der Waals surface area contributed by atoms with Crippen LogP contribution in [0.4, 0.5) is 0 Å². The number of ether oxygens (including phenoxy) is 2. The molecule has 0 aliphatic carbocycles. The molecule has 2 N–H and O–H groups in total. The molecule has 0 aliphatic rings. The summed E-state index contributed by atoms with van der Waals surface area (Å²) >= 11 is 2.06. The maximum absolute atomic E-state index is 12.2. The number of nitrogens with one attached hydrogen (secondary N) is 2. The molecule has 7 heteroatoms. The third-order valence-electron chi connectivity index (χ3n) is 3.13. The molecule has 24 heavy (non-hydrogen) atoms. The van der Waals surface area contributed by atoms with Gasteiger partial charge in [-0.3, -0.25) is 20.4 Å². The van der Waals surface area contributed by atoms with E-state index in [4.69, 9.17) is 9.47 Å². The number of halogens is 1. The molecule has 0 radical (unpaired) electrons. The van der Waals surface area contributed by atoms with Crippen molar-refractivity contribution in [2.24, 2.45) is 0 Å². The highest BCUT2D eigenvalue weighted by molar-refractivity contribution is 14.1. The number of rotatable bonds is 5. The summed E-state index contributed by atoms with van der Waals surface area (Å²) in [5.74, 6) is 0.176. The van der Waals surface area contributed by atoms with E-state index in [1.807, 2.05) is 19.1 Å². The lowest BCUT2D eigenvalue weighted by molar-refractivity contribution is 0.0846. The fraction of sp³-hybridized carbons (Fsp3) is 0.176. The van der Waals surface area contributed by atoms with Gasteiger partial charge in [0, 0.05) is 9.13 Å². The third-order valence-corrected chi connectivity index (χ3v) is 4.07. The molecule has 0 unspecified atom stereocenters. The minimum Gasteiger partial charge on any atom is -0.493 e. The van der Waals surface area contributed by atoms with Crippen molar-refractivity contribution < 1.29 is 19.1 Å². The average molecular weight is 440 g/mol. The van der Waals surface area contributed by atoms with Crippen molar-refractivity contribution in [3.8, 4) is 11.5 Å². The zero-order valence-electron chi connectivity index (χ0n) is 13.3. The van der Waals surface area contributed by atoms with Crippen LogP contribution in [0.15, 0.2) is 42.5 Å². The van der Waals surface area contributed by atoms with Crippen LogP contribution in [0, 0.1) is 3.57 Å². The summed E-state index contributed by atoms with van der Waals surface area (Å²) in [5.41, 5.74) is 5.62. The Morgan fingerprint density at radius 2 is 1.75 bits per heavy atom. The first kappa shape index (κ1) is 18.1. The van der Waals surface area contributed by atoms with E-state index < -0.39 is 5.91 Å². The largest absolute Gasteiger partial charge is 0.493 e. The van der Waals surface area contributed by atoms with Crippen LogP contribution in [0.5, 0.6) is 11.5 Å². The van der Waals surface area contributed by atoms with Crippen LogP contribution in [-0.4, -0.2) is 25.5 Å². The molecule has 0 spiro atoms. The monoisotopic (exact) mass is 440 g/mol. The summed E-state index contributed by atoms with van der Waals surface area (Å²) in [6, 6.07) is 11.9. The van der Waals surface area contributed by atoms with Gasteiger partial charge in [0.25, 0.3) is 11.8 Å². The summed E-state index contributed by atoms with van der Waals surface area (Å²) < 4.78 is 11.4. The number of carbonyl (C=O) groups excluding carboxylic acids is 2. The van der Waals surface area contributed by atoms with Crippen LogP contribution >= 0.6 is 22.6 Å². The minimum atomic E-state index is -0.448. The molecular formula is C17H17IN2O4. The minimum absolute atomic E-state index is 0.346. The molecule has 0 bridgehead atoms. The van der Waals surface area contributed by atoms with Crippen molar-refractivity contribution in [2.75, 3.05) is 13.7 Å². The average Bonchev–Trinajstić information content (AvgIpc) is 2.60. The Morgan fingerprint density at radius 3 is 2.42 bits per heavy atom. The maximum Gasteiger partial charge on any atom is 0.270 e. The van der Waals surface area contributed by atoms with Gasteiger partial charge in [0.05, 0.1) is 19.3 Å². The van der Waals surface area contributed by atoms with E-state index >= 15 is 0 Å². The molecule has 2 amide bonds. The van der Waals surface area contributed by atoms with Gasteiger partial charge in [0.1, 0.15) is 0 Å². The zero-order valence-corrected chi connectivity index (χ0v) is 15.4. The summed E-state index contributed by atoms with van der Waals surface area (Å²) in [7, 11) is 1.50. The van der Waals surface area contributed by atoms with Gasteiger partial charge in [0.2, 0.25) is 0 Å². The molecule has 0 saturated heterocycles. The number of hydrazine groups is 1. The van der Waals surface area contributed by atoms with Crippen molar-refractivity contribution in [2.45, 2.75) is 6.92 Å². The molecule has 6 nitrogen and oxygen atoms in total. The van der Waals surface area contributed by atoms with Crippen LogP contribution in [0.3, 0.4) is 0 Å². The molecule has 0 saturated carbocycles. The molecule has 0 heterocycles. The first-order valence-corrected chi connectivity index (χ1v) is 8.30. The number of hydrogen-bond donors (Lipinski definition) is 2. The number of amides is 2. The lowest BCUT2D eigenvalue weighted by Crippen LogP contribution is -2.41. The number of carbonyl (C=O) groups is 2. The van der Waals surface area contributed by atoms with Crippen molar-refractivity contribution in [3.63, 3.8) is 0 Å². The van der Waals surface area contributed by atoms with E-state index in [2.05, 4.69) is 33.4 Å². The van der Waals surface area contributed by atoms with Gasteiger partial charge in [-0.2, -0.15) is 0 Å². The predicted octanol–water partition coefficient (Wildman–Crippen LogP) is 2.77. The quantitative estimate of drug-likeness (QED) is 0.554. The number of benzene rings is 2. The van der Waals surface area contributed by atoms with Gasteiger partial charge in [-0.1, -0.05) is 12.1 Å². The highest BCUT2D eigenvalue weighted by Gasteiger charge is 2.13. The molecule has 0 aliphatic heterocycles. The van der Waals surface area contributed by atoms with Crippen molar-refractivity contribution in [1.29, 1.82) is 0 Å². The summed E-state index contributed by atoms with van der Waals surface area (Å²) in [6.45, 7) is 2.36. The summed E-state index contributed by atoms with van der Waals surface area (Å²) in [6.07, 6.45) is 0. The normalized spacial score (nSPS) is 9.96. The Labute approximate surface area is 153 Å². The molecule has 2 rings (SSSR count). The van der Waals surface area contributed by atoms with Crippen molar-refractivity contribution >= 4 is 34.4 Å². The van der Waals surface area contributed by atoms with Gasteiger partial charge < -0.3 is 9.47 Å². The number of methoxy groups -OCH3 is 1. The first-order valence-electron chi connectivity index (χ1n) is 7.22. The van der Waals surface area contributed by atoms with Crippen LogP contribution in [-0.2, 0) is 0 Å². The van der Waals surface area contributed by atoms with E-state index in [9.17, 15) is 9.59 Å². The molecule has 0 aromatic heterocycles. The molecule has 2 aromatic carbocycles. The SMILES string of the molecule is CCOc1ccc(C(=O)NNC(=O)c2ccccc2I)cc1OC. The van der Waals surface area contributed by atoms with Crippen molar-refractivity contribution in [1.82, 2.24) is 10.9 Å². The fourth-order valence-electron chi connectivity index (χ4n) is 1.98. The molecular weight excluding hydrogens is 423 g/mol. The zero-order chi connectivity index (χ0) is 17.5. The molecule has 0 fully saturated rings. The standard InChI is InChI=1S/C17H17IN2O4/c1-3-24-14-9-8-11(10-15(14)23-2)16(21)19-20-17(22)12-6-4-5-7-13(12)18/h4-10H,3H2,1-2H3,(H,19,21)(H,20,22). The van der Waals surface area contributed by atoms with Crippen LogP contribution < -0.4 is 20.3 Å². The van der Waals surface area contributed by atoms with Gasteiger partial charge >= 0.3 is 0 Å². The van der Waals surface area contributed by atoms with Gasteiger partial charge in [-0.05, 0) is 59.8 Å². The Bertz CT molecular complexity index is 749. The van der Waals surface area contributed by atoms with Crippen LogP contribution in [0.1, 0.15) is 27.6 Å². The highest BCUT2D eigenvalue weighted by atomic mass is 127. The van der Waals surface area contributed by atoms with Gasteiger partial charge in [0.15, 0.2) is 11.5 Å². The fourth-order valence-corrected chi connectivity index (χ4v) is 2.61. The van der Waals surface area contributed by atoms with Gasteiger partial charge in [-0.15, -0.1) is 0 Å². The second-order valence-corrected chi connectivity index (χ2v) is 5.85. The number of hydrogen-bond acceptors (Lipinski definition) is 4. The molecule has 2 aromatic rings. The smallest absolute Gasteiger partial charge is 0.270 e. The lowest BCUT2D eigenvalue weighted by atomic mass is 10.2. The lowest BCUT2D eigenvalue weighted by Gasteiger charge is -2.12. The van der Waals surface area contributed by atoms with E-state index in [1.165, 1.54) is 7.11 Å². The Morgan fingerprint density at radius 1 is 1.04 bits per heavy atom. The molecule has 0 atom stereocenters. The second-order valence-electron chi connectivity index (χ2n) is 4.69. The Balaban J connectivity index is 2.05. The third kappa shape index (κ3) is 4.38.